The number of aliphatic hydroxyl groups excluding tert-OH is 1. The van der Waals surface area contributed by atoms with Crippen LogP contribution in [-0.4, -0.2) is 36.2 Å². The third kappa shape index (κ3) is 2.96. The number of hydrogen-bond acceptors (Lipinski definition) is 3. The van der Waals surface area contributed by atoms with Crippen molar-refractivity contribution in [2.75, 3.05) is 7.05 Å². The van der Waals surface area contributed by atoms with Crippen molar-refractivity contribution in [1.82, 2.24) is 10.6 Å². The SMILES string of the molecule is CNC(=O)C(C)N[C@@H]1CCCC[C@H]1O. The number of carbonyl (C=O) groups is 1. The van der Waals surface area contributed by atoms with Gasteiger partial charge in [-0.15, -0.1) is 0 Å². The molecule has 0 radical (unpaired) electrons. The van der Waals surface area contributed by atoms with E-state index in [0.717, 1.165) is 25.7 Å². The van der Waals surface area contributed by atoms with Gasteiger partial charge >= 0.3 is 0 Å². The van der Waals surface area contributed by atoms with Gasteiger partial charge in [0, 0.05) is 13.1 Å². The highest BCUT2D eigenvalue weighted by Gasteiger charge is 2.25. The maximum atomic E-state index is 11.2. The molecule has 4 heteroatoms. The molecule has 82 valence electrons. The first-order valence-electron chi connectivity index (χ1n) is 5.31. The Morgan fingerprint density at radius 3 is 2.64 bits per heavy atom. The summed E-state index contributed by atoms with van der Waals surface area (Å²) in [5.74, 6) is -0.0252. The standard InChI is InChI=1S/C10H20N2O2/c1-7(10(14)11-2)12-8-5-3-4-6-9(8)13/h7-9,12-13H,3-6H2,1-2H3,(H,11,14)/t7?,8-,9-/m1/s1. The predicted molar refractivity (Wildman–Crippen MR) is 54.9 cm³/mol. The summed E-state index contributed by atoms with van der Waals surface area (Å²) in [5, 5.41) is 15.4. The molecule has 0 aliphatic heterocycles. The molecule has 4 nitrogen and oxygen atoms in total. The molecule has 1 amide bonds. The zero-order valence-corrected chi connectivity index (χ0v) is 8.92. The van der Waals surface area contributed by atoms with Crippen LogP contribution in [0.25, 0.3) is 0 Å². The topological polar surface area (TPSA) is 61.4 Å². The third-order valence-electron chi connectivity index (χ3n) is 2.83. The Morgan fingerprint density at radius 1 is 1.43 bits per heavy atom. The summed E-state index contributed by atoms with van der Waals surface area (Å²) >= 11 is 0. The summed E-state index contributed by atoms with van der Waals surface area (Å²) < 4.78 is 0. The first-order chi connectivity index (χ1) is 6.65. The van der Waals surface area contributed by atoms with Crippen molar-refractivity contribution in [2.24, 2.45) is 0 Å². The lowest BCUT2D eigenvalue weighted by atomic mass is 9.92. The first kappa shape index (κ1) is 11.5. The van der Waals surface area contributed by atoms with Crippen molar-refractivity contribution < 1.29 is 9.90 Å². The van der Waals surface area contributed by atoms with Crippen LogP contribution >= 0.6 is 0 Å². The number of likely N-dealkylation sites (N-methyl/N-ethyl adjacent to an activating group) is 1. The molecule has 14 heavy (non-hydrogen) atoms. The molecule has 0 aromatic rings. The third-order valence-corrected chi connectivity index (χ3v) is 2.83. The van der Waals surface area contributed by atoms with Gasteiger partial charge in [0.1, 0.15) is 0 Å². The molecule has 1 fully saturated rings. The molecule has 0 spiro atoms. The van der Waals surface area contributed by atoms with Gasteiger partial charge in [0.15, 0.2) is 0 Å². The van der Waals surface area contributed by atoms with E-state index in [1.165, 1.54) is 0 Å². The molecule has 0 aromatic heterocycles. The van der Waals surface area contributed by atoms with Crippen LogP contribution in [0.3, 0.4) is 0 Å². The summed E-state index contributed by atoms with van der Waals surface area (Å²) in [6.07, 6.45) is 3.74. The smallest absolute Gasteiger partial charge is 0.236 e. The van der Waals surface area contributed by atoms with Crippen molar-refractivity contribution in [3.05, 3.63) is 0 Å². The molecular weight excluding hydrogens is 180 g/mol. The highest BCUT2D eigenvalue weighted by Crippen LogP contribution is 2.18. The molecule has 0 aromatic carbocycles. The maximum absolute atomic E-state index is 11.2. The van der Waals surface area contributed by atoms with Crippen LogP contribution in [0.2, 0.25) is 0 Å². The Balaban J connectivity index is 2.38. The van der Waals surface area contributed by atoms with E-state index < -0.39 is 0 Å². The molecule has 3 N–H and O–H groups in total. The van der Waals surface area contributed by atoms with E-state index in [0.29, 0.717) is 0 Å². The molecule has 1 unspecified atom stereocenters. The molecular formula is C10H20N2O2. The van der Waals surface area contributed by atoms with Crippen molar-refractivity contribution in [1.29, 1.82) is 0 Å². The van der Waals surface area contributed by atoms with Crippen LogP contribution in [-0.2, 0) is 4.79 Å². The van der Waals surface area contributed by atoms with E-state index in [-0.39, 0.29) is 24.1 Å². The van der Waals surface area contributed by atoms with Crippen LogP contribution in [0.1, 0.15) is 32.6 Å². The Morgan fingerprint density at radius 2 is 2.07 bits per heavy atom. The molecule has 1 rings (SSSR count). The van der Waals surface area contributed by atoms with Crippen molar-refractivity contribution in [3.8, 4) is 0 Å². The van der Waals surface area contributed by atoms with Crippen molar-refractivity contribution in [3.63, 3.8) is 0 Å². The van der Waals surface area contributed by atoms with Gasteiger partial charge in [-0.1, -0.05) is 12.8 Å². The van der Waals surface area contributed by atoms with Crippen molar-refractivity contribution in [2.45, 2.75) is 50.8 Å². The largest absolute Gasteiger partial charge is 0.392 e. The second-order valence-electron chi connectivity index (χ2n) is 3.96. The number of hydrogen-bond donors (Lipinski definition) is 3. The quantitative estimate of drug-likeness (QED) is 0.601. The Hall–Kier alpha value is -0.610. The lowest BCUT2D eigenvalue weighted by Gasteiger charge is -2.30. The van der Waals surface area contributed by atoms with Gasteiger partial charge in [-0.05, 0) is 19.8 Å². The lowest BCUT2D eigenvalue weighted by molar-refractivity contribution is -0.122. The van der Waals surface area contributed by atoms with Gasteiger partial charge in [0.2, 0.25) is 5.91 Å². The average Bonchev–Trinajstić information content (AvgIpc) is 2.20. The molecule has 1 aliphatic rings. The van der Waals surface area contributed by atoms with E-state index in [4.69, 9.17) is 0 Å². The van der Waals surface area contributed by atoms with Crippen LogP contribution in [0.15, 0.2) is 0 Å². The molecule has 0 heterocycles. The Labute approximate surface area is 85.1 Å². The number of rotatable bonds is 3. The van der Waals surface area contributed by atoms with E-state index in [2.05, 4.69) is 10.6 Å². The number of amides is 1. The van der Waals surface area contributed by atoms with Gasteiger partial charge in [0.05, 0.1) is 12.1 Å². The van der Waals surface area contributed by atoms with Crippen molar-refractivity contribution >= 4 is 5.91 Å². The minimum atomic E-state index is -0.296. The zero-order valence-electron chi connectivity index (χ0n) is 8.92. The summed E-state index contributed by atoms with van der Waals surface area (Å²) in [6.45, 7) is 1.82. The average molecular weight is 200 g/mol. The Kier molecular flexibility index (Phi) is 4.35. The first-order valence-corrected chi connectivity index (χ1v) is 5.31. The van der Waals surface area contributed by atoms with Crippen LogP contribution in [0.4, 0.5) is 0 Å². The van der Waals surface area contributed by atoms with E-state index in [1.54, 1.807) is 7.05 Å². The van der Waals surface area contributed by atoms with Crippen LogP contribution < -0.4 is 10.6 Å². The molecule has 0 saturated heterocycles. The number of nitrogens with one attached hydrogen (secondary N) is 2. The van der Waals surface area contributed by atoms with E-state index in [1.807, 2.05) is 6.92 Å². The number of carbonyl (C=O) groups excluding carboxylic acids is 1. The van der Waals surface area contributed by atoms with Crippen LogP contribution in [0.5, 0.6) is 0 Å². The van der Waals surface area contributed by atoms with Gasteiger partial charge in [-0.2, -0.15) is 0 Å². The zero-order chi connectivity index (χ0) is 10.6. The minimum absolute atomic E-state index is 0.0252. The summed E-state index contributed by atoms with van der Waals surface area (Å²) in [4.78, 5) is 11.2. The molecule has 1 aliphatic carbocycles. The van der Waals surface area contributed by atoms with E-state index in [9.17, 15) is 9.90 Å². The monoisotopic (exact) mass is 200 g/mol. The molecule has 0 bridgehead atoms. The fraction of sp³-hybridized carbons (Fsp3) is 0.900. The number of aliphatic hydroxyl groups is 1. The second-order valence-corrected chi connectivity index (χ2v) is 3.96. The highest BCUT2D eigenvalue weighted by molar-refractivity contribution is 5.80. The second kappa shape index (κ2) is 5.32. The maximum Gasteiger partial charge on any atom is 0.236 e. The normalized spacial score (nSPS) is 29.6. The van der Waals surface area contributed by atoms with Crippen LogP contribution in [0, 0.1) is 0 Å². The Bertz CT molecular complexity index is 197. The summed E-state index contributed by atoms with van der Waals surface area (Å²) in [7, 11) is 1.62. The van der Waals surface area contributed by atoms with Gasteiger partial charge in [-0.25, -0.2) is 0 Å². The lowest BCUT2D eigenvalue weighted by Crippen LogP contribution is -2.51. The fourth-order valence-electron chi connectivity index (χ4n) is 1.92. The van der Waals surface area contributed by atoms with E-state index >= 15 is 0 Å². The minimum Gasteiger partial charge on any atom is -0.392 e. The molecule has 3 atom stereocenters. The summed E-state index contributed by atoms with van der Waals surface area (Å²) in [6, 6.07) is -0.145. The molecule has 1 saturated carbocycles. The van der Waals surface area contributed by atoms with Gasteiger partial charge in [0.25, 0.3) is 0 Å². The highest BCUT2D eigenvalue weighted by atomic mass is 16.3. The predicted octanol–water partition coefficient (Wildman–Crippen LogP) is 0.0140. The fourth-order valence-corrected chi connectivity index (χ4v) is 1.92. The summed E-state index contributed by atoms with van der Waals surface area (Å²) in [5.41, 5.74) is 0. The van der Waals surface area contributed by atoms with Gasteiger partial charge < -0.3 is 15.7 Å². The van der Waals surface area contributed by atoms with Gasteiger partial charge in [-0.3, -0.25) is 4.79 Å².